The third-order valence-corrected chi connectivity index (χ3v) is 3.77. The normalized spacial score (nSPS) is 16.8. The molecule has 132 valence electrons. The summed E-state index contributed by atoms with van der Waals surface area (Å²) in [6, 6.07) is 5.75. The van der Waals surface area contributed by atoms with Gasteiger partial charge in [0.25, 0.3) is 0 Å². The number of piperazine rings is 1. The van der Waals surface area contributed by atoms with Crippen molar-refractivity contribution < 1.29 is 9.53 Å². The van der Waals surface area contributed by atoms with Crippen molar-refractivity contribution in [3.8, 4) is 5.75 Å². The minimum absolute atomic E-state index is 0. The van der Waals surface area contributed by atoms with E-state index in [2.05, 4.69) is 17.6 Å². The standard InChI is InChI=1S/C15H22ClN3O2.2ClH/c1-11-10-19(8-7-17-11)15(20)5-6-18-13-9-12(16)3-4-14(13)21-2;;/h3-4,9,11,17-18H,5-8,10H2,1-2H3;2*1H. The predicted molar refractivity (Wildman–Crippen MR) is 99.7 cm³/mol. The van der Waals surface area contributed by atoms with Gasteiger partial charge < -0.3 is 20.3 Å². The molecule has 0 spiro atoms. The molecule has 2 N–H and O–H groups in total. The highest BCUT2D eigenvalue weighted by molar-refractivity contribution is 6.30. The van der Waals surface area contributed by atoms with Crippen LogP contribution < -0.4 is 15.4 Å². The van der Waals surface area contributed by atoms with Crippen LogP contribution >= 0.6 is 36.4 Å². The minimum atomic E-state index is 0. The average molecular weight is 385 g/mol. The molecule has 1 fully saturated rings. The Hall–Kier alpha value is -0.880. The van der Waals surface area contributed by atoms with Crippen LogP contribution in [0.2, 0.25) is 5.02 Å². The maximum atomic E-state index is 12.2. The molecule has 1 amide bonds. The maximum Gasteiger partial charge on any atom is 0.224 e. The summed E-state index contributed by atoms with van der Waals surface area (Å²) < 4.78 is 5.26. The molecule has 0 aliphatic carbocycles. The number of amides is 1. The van der Waals surface area contributed by atoms with E-state index in [0.717, 1.165) is 31.1 Å². The lowest BCUT2D eigenvalue weighted by Gasteiger charge is -2.32. The number of rotatable bonds is 5. The predicted octanol–water partition coefficient (Wildman–Crippen LogP) is 2.81. The molecule has 5 nitrogen and oxygen atoms in total. The van der Waals surface area contributed by atoms with Crippen LogP contribution in [-0.4, -0.2) is 50.1 Å². The molecular formula is C15H24Cl3N3O2. The van der Waals surface area contributed by atoms with Crippen LogP contribution in [0.4, 0.5) is 5.69 Å². The fraction of sp³-hybridized carbons (Fsp3) is 0.533. The van der Waals surface area contributed by atoms with E-state index in [1.165, 1.54) is 0 Å². The Kier molecular flexibility index (Phi) is 10.4. The average Bonchev–Trinajstić information content (AvgIpc) is 2.47. The smallest absolute Gasteiger partial charge is 0.224 e. The third-order valence-electron chi connectivity index (χ3n) is 3.54. The Balaban J connectivity index is 0.00000242. The molecule has 0 aromatic heterocycles. The quantitative estimate of drug-likeness (QED) is 0.819. The number of nitrogens with zero attached hydrogens (tertiary/aromatic N) is 1. The first-order valence-corrected chi connectivity index (χ1v) is 7.56. The summed E-state index contributed by atoms with van der Waals surface area (Å²) in [5.41, 5.74) is 0.812. The fourth-order valence-electron chi connectivity index (χ4n) is 2.44. The molecule has 23 heavy (non-hydrogen) atoms. The van der Waals surface area contributed by atoms with Gasteiger partial charge in [0, 0.05) is 43.7 Å². The third kappa shape index (κ3) is 6.63. The number of ether oxygens (including phenoxy) is 1. The number of halogens is 3. The highest BCUT2D eigenvalue weighted by Gasteiger charge is 2.19. The van der Waals surface area contributed by atoms with Gasteiger partial charge in [0.05, 0.1) is 12.8 Å². The zero-order chi connectivity index (χ0) is 15.2. The van der Waals surface area contributed by atoms with Gasteiger partial charge in [-0.15, -0.1) is 24.8 Å². The van der Waals surface area contributed by atoms with E-state index in [0.29, 0.717) is 24.0 Å². The molecule has 1 unspecified atom stereocenters. The number of carbonyl (C=O) groups is 1. The SMILES string of the molecule is COc1ccc(Cl)cc1NCCC(=O)N1CCNC(C)C1.Cl.Cl. The highest BCUT2D eigenvalue weighted by Crippen LogP contribution is 2.27. The van der Waals surface area contributed by atoms with Crippen molar-refractivity contribution in [3.63, 3.8) is 0 Å². The number of hydrogen-bond acceptors (Lipinski definition) is 4. The van der Waals surface area contributed by atoms with Crippen molar-refractivity contribution in [2.75, 3.05) is 38.6 Å². The Morgan fingerprint density at radius 3 is 2.87 bits per heavy atom. The van der Waals surface area contributed by atoms with Gasteiger partial charge in [-0.25, -0.2) is 0 Å². The molecule has 1 atom stereocenters. The van der Waals surface area contributed by atoms with Gasteiger partial charge in [-0.05, 0) is 25.1 Å². The summed E-state index contributed by atoms with van der Waals surface area (Å²) in [6.45, 7) is 5.08. The van der Waals surface area contributed by atoms with Gasteiger partial charge >= 0.3 is 0 Å². The topological polar surface area (TPSA) is 53.6 Å². The lowest BCUT2D eigenvalue weighted by Crippen LogP contribution is -2.51. The highest BCUT2D eigenvalue weighted by atomic mass is 35.5. The molecule has 1 heterocycles. The molecule has 1 aliphatic rings. The lowest BCUT2D eigenvalue weighted by atomic mass is 10.2. The van der Waals surface area contributed by atoms with Crippen molar-refractivity contribution in [2.24, 2.45) is 0 Å². The van der Waals surface area contributed by atoms with Gasteiger partial charge in [0.1, 0.15) is 5.75 Å². The molecule has 0 bridgehead atoms. The van der Waals surface area contributed by atoms with E-state index in [9.17, 15) is 4.79 Å². The molecule has 1 aromatic carbocycles. The first-order valence-electron chi connectivity index (χ1n) is 7.18. The van der Waals surface area contributed by atoms with Crippen LogP contribution in [0.15, 0.2) is 18.2 Å². The Morgan fingerprint density at radius 1 is 1.48 bits per heavy atom. The summed E-state index contributed by atoms with van der Waals surface area (Å²) in [4.78, 5) is 14.1. The summed E-state index contributed by atoms with van der Waals surface area (Å²) in [7, 11) is 1.61. The second-order valence-corrected chi connectivity index (χ2v) is 5.65. The summed E-state index contributed by atoms with van der Waals surface area (Å²) in [6.07, 6.45) is 0.461. The number of hydrogen-bond donors (Lipinski definition) is 2. The lowest BCUT2D eigenvalue weighted by molar-refractivity contribution is -0.132. The summed E-state index contributed by atoms with van der Waals surface area (Å²) >= 11 is 5.98. The molecule has 8 heteroatoms. The van der Waals surface area contributed by atoms with Gasteiger partial charge in [-0.2, -0.15) is 0 Å². The van der Waals surface area contributed by atoms with Gasteiger partial charge in [0.2, 0.25) is 5.91 Å². The van der Waals surface area contributed by atoms with Crippen LogP contribution in [0.3, 0.4) is 0 Å². The van der Waals surface area contributed by atoms with E-state index >= 15 is 0 Å². The second kappa shape index (κ2) is 10.8. The first kappa shape index (κ1) is 22.1. The largest absolute Gasteiger partial charge is 0.495 e. The first-order chi connectivity index (χ1) is 10.1. The van der Waals surface area contributed by atoms with Crippen LogP contribution in [0.1, 0.15) is 13.3 Å². The fourth-order valence-corrected chi connectivity index (χ4v) is 2.61. The number of benzene rings is 1. The zero-order valence-corrected chi connectivity index (χ0v) is 15.7. The molecule has 0 saturated carbocycles. The van der Waals surface area contributed by atoms with Crippen molar-refractivity contribution in [2.45, 2.75) is 19.4 Å². The van der Waals surface area contributed by atoms with Crippen molar-refractivity contribution in [1.29, 1.82) is 0 Å². The van der Waals surface area contributed by atoms with E-state index < -0.39 is 0 Å². The maximum absolute atomic E-state index is 12.2. The van der Waals surface area contributed by atoms with Gasteiger partial charge in [-0.3, -0.25) is 4.79 Å². The molecule has 1 aromatic rings. The minimum Gasteiger partial charge on any atom is -0.495 e. The Morgan fingerprint density at radius 2 is 2.22 bits per heavy atom. The molecular weight excluding hydrogens is 361 g/mol. The summed E-state index contributed by atoms with van der Waals surface area (Å²) in [5, 5.41) is 7.18. The molecule has 1 aliphatic heterocycles. The van der Waals surface area contributed by atoms with Crippen molar-refractivity contribution in [3.05, 3.63) is 23.2 Å². The Labute approximate surface area is 154 Å². The monoisotopic (exact) mass is 383 g/mol. The van der Waals surface area contributed by atoms with E-state index in [4.69, 9.17) is 16.3 Å². The zero-order valence-electron chi connectivity index (χ0n) is 13.3. The van der Waals surface area contributed by atoms with E-state index in [1.807, 2.05) is 11.0 Å². The second-order valence-electron chi connectivity index (χ2n) is 5.22. The molecule has 2 rings (SSSR count). The summed E-state index contributed by atoms with van der Waals surface area (Å²) in [5.74, 6) is 0.902. The molecule has 1 saturated heterocycles. The van der Waals surface area contributed by atoms with Gasteiger partial charge in [0.15, 0.2) is 0 Å². The van der Waals surface area contributed by atoms with Crippen LogP contribution in [0.25, 0.3) is 0 Å². The number of anilines is 1. The van der Waals surface area contributed by atoms with Crippen LogP contribution in [-0.2, 0) is 4.79 Å². The van der Waals surface area contributed by atoms with Crippen molar-refractivity contribution in [1.82, 2.24) is 10.2 Å². The van der Waals surface area contributed by atoms with E-state index in [1.54, 1.807) is 19.2 Å². The van der Waals surface area contributed by atoms with E-state index in [-0.39, 0.29) is 30.7 Å². The number of carbonyl (C=O) groups excluding carboxylic acids is 1. The number of nitrogens with one attached hydrogen (secondary N) is 2. The van der Waals surface area contributed by atoms with Crippen LogP contribution in [0, 0.1) is 0 Å². The van der Waals surface area contributed by atoms with Crippen molar-refractivity contribution >= 4 is 48.0 Å². The van der Waals surface area contributed by atoms with Crippen LogP contribution in [0.5, 0.6) is 5.75 Å². The number of methoxy groups -OCH3 is 1. The Bertz CT molecular complexity index is 503. The molecule has 0 radical (unpaired) electrons. The van der Waals surface area contributed by atoms with Gasteiger partial charge in [-0.1, -0.05) is 11.6 Å².